The number of ether oxygens (including phenoxy) is 1. The summed E-state index contributed by atoms with van der Waals surface area (Å²) in [4.78, 5) is 4.02. The van der Waals surface area contributed by atoms with Gasteiger partial charge < -0.3 is 16.2 Å². The molecule has 1 aromatic carbocycles. The zero-order valence-electron chi connectivity index (χ0n) is 8.76. The van der Waals surface area contributed by atoms with E-state index in [0.29, 0.717) is 24.0 Å². The molecule has 82 valence electrons. The van der Waals surface area contributed by atoms with E-state index in [1.807, 2.05) is 30.3 Å². The van der Waals surface area contributed by atoms with Crippen LogP contribution in [0.25, 0.3) is 0 Å². The molecule has 2 rings (SSSR count). The van der Waals surface area contributed by atoms with Gasteiger partial charge in [-0.25, -0.2) is 0 Å². The third-order valence-corrected chi connectivity index (χ3v) is 2.16. The van der Waals surface area contributed by atoms with Gasteiger partial charge in [0.25, 0.3) is 0 Å². The van der Waals surface area contributed by atoms with Gasteiger partial charge in [-0.05, 0) is 11.6 Å². The summed E-state index contributed by atoms with van der Waals surface area (Å²) in [6.07, 6.45) is 0. The number of nitrogens with zero attached hydrogens (tertiary/aromatic N) is 1. The highest BCUT2D eigenvalue weighted by atomic mass is 16.5. The van der Waals surface area contributed by atoms with E-state index in [2.05, 4.69) is 4.98 Å². The summed E-state index contributed by atoms with van der Waals surface area (Å²) in [5.41, 5.74) is 12.7. The molecule has 4 N–H and O–H groups in total. The molecule has 0 saturated heterocycles. The van der Waals surface area contributed by atoms with E-state index in [-0.39, 0.29) is 0 Å². The van der Waals surface area contributed by atoms with Gasteiger partial charge in [0, 0.05) is 6.07 Å². The molecule has 1 aromatic heterocycles. The van der Waals surface area contributed by atoms with E-state index in [9.17, 15) is 0 Å². The molecular weight excluding hydrogens is 202 g/mol. The summed E-state index contributed by atoms with van der Waals surface area (Å²) in [7, 11) is 0. The van der Waals surface area contributed by atoms with Gasteiger partial charge in [0.15, 0.2) is 5.82 Å². The van der Waals surface area contributed by atoms with Crippen molar-refractivity contribution in [1.82, 2.24) is 4.98 Å². The Morgan fingerprint density at radius 2 is 1.75 bits per heavy atom. The van der Waals surface area contributed by atoms with Gasteiger partial charge in [-0.2, -0.15) is 4.98 Å². The fraction of sp³-hybridized carbons (Fsp3) is 0.0833. The molecule has 0 unspecified atom stereocenters. The Bertz CT molecular complexity index is 471. The second-order valence-corrected chi connectivity index (χ2v) is 3.40. The van der Waals surface area contributed by atoms with Crippen LogP contribution in [0, 0.1) is 0 Å². The van der Waals surface area contributed by atoms with E-state index in [4.69, 9.17) is 16.2 Å². The molecule has 0 fully saturated rings. The van der Waals surface area contributed by atoms with Crippen LogP contribution in [0.15, 0.2) is 42.5 Å². The number of rotatable bonds is 3. The lowest BCUT2D eigenvalue weighted by molar-refractivity contribution is 0.294. The second-order valence-electron chi connectivity index (χ2n) is 3.40. The Morgan fingerprint density at radius 3 is 2.44 bits per heavy atom. The number of hydrogen-bond acceptors (Lipinski definition) is 4. The Balaban J connectivity index is 2.03. The summed E-state index contributed by atoms with van der Waals surface area (Å²) < 4.78 is 5.48. The minimum absolute atomic E-state index is 0.297. The van der Waals surface area contributed by atoms with Crippen molar-refractivity contribution in [1.29, 1.82) is 0 Å². The smallest absolute Gasteiger partial charge is 0.215 e. The third kappa shape index (κ3) is 2.42. The van der Waals surface area contributed by atoms with Crippen LogP contribution in [0.5, 0.6) is 5.88 Å². The molecule has 16 heavy (non-hydrogen) atoms. The Morgan fingerprint density at radius 1 is 1.00 bits per heavy atom. The van der Waals surface area contributed by atoms with E-state index >= 15 is 0 Å². The third-order valence-electron chi connectivity index (χ3n) is 2.16. The zero-order valence-corrected chi connectivity index (χ0v) is 8.76. The van der Waals surface area contributed by atoms with Crippen molar-refractivity contribution >= 4 is 11.5 Å². The van der Waals surface area contributed by atoms with Crippen LogP contribution in [-0.2, 0) is 6.61 Å². The number of aromatic nitrogens is 1. The Labute approximate surface area is 93.9 Å². The lowest BCUT2D eigenvalue weighted by Gasteiger charge is -2.06. The lowest BCUT2D eigenvalue weighted by Crippen LogP contribution is -2.01. The van der Waals surface area contributed by atoms with Crippen molar-refractivity contribution in [3.63, 3.8) is 0 Å². The highest BCUT2D eigenvalue weighted by molar-refractivity contribution is 5.58. The normalized spacial score (nSPS) is 10.0. The molecule has 4 heteroatoms. The molecule has 0 spiro atoms. The summed E-state index contributed by atoms with van der Waals surface area (Å²) >= 11 is 0. The van der Waals surface area contributed by atoms with Crippen LogP contribution in [-0.4, -0.2) is 4.98 Å². The largest absolute Gasteiger partial charge is 0.473 e. The Hall–Kier alpha value is -2.23. The van der Waals surface area contributed by atoms with Gasteiger partial charge in [0.2, 0.25) is 5.88 Å². The van der Waals surface area contributed by atoms with Crippen molar-refractivity contribution < 1.29 is 4.74 Å². The van der Waals surface area contributed by atoms with Crippen LogP contribution in [0.4, 0.5) is 11.5 Å². The molecule has 0 amide bonds. The van der Waals surface area contributed by atoms with Gasteiger partial charge in [0.1, 0.15) is 6.61 Å². The topological polar surface area (TPSA) is 74.2 Å². The second kappa shape index (κ2) is 4.53. The van der Waals surface area contributed by atoms with E-state index < -0.39 is 0 Å². The molecule has 1 heterocycles. The predicted octanol–water partition coefficient (Wildman–Crippen LogP) is 1.82. The molecule has 0 aliphatic rings. The highest BCUT2D eigenvalue weighted by Gasteiger charge is 2.00. The average molecular weight is 215 g/mol. The first-order chi connectivity index (χ1) is 7.75. The Kier molecular flexibility index (Phi) is 2.91. The van der Waals surface area contributed by atoms with Crippen molar-refractivity contribution in [3.8, 4) is 5.88 Å². The first kappa shape index (κ1) is 10.3. The average Bonchev–Trinajstić information content (AvgIpc) is 2.32. The molecule has 0 atom stereocenters. The summed E-state index contributed by atoms with van der Waals surface area (Å²) in [5, 5.41) is 0. The van der Waals surface area contributed by atoms with Crippen LogP contribution in [0.3, 0.4) is 0 Å². The van der Waals surface area contributed by atoms with Crippen molar-refractivity contribution in [2.75, 3.05) is 11.5 Å². The summed E-state index contributed by atoms with van der Waals surface area (Å²) in [5.74, 6) is 0.779. The van der Waals surface area contributed by atoms with Crippen molar-refractivity contribution in [3.05, 3.63) is 48.0 Å². The molecule has 0 aliphatic heterocycles. The predicted molar refractivity (Wildman–Crippen MR) is 63.8 cm³/mol. The van der Waals surface area contributed by atoms with Crippen LogP contribution in [0.1, 0.15) is 5.56 Å². The van der Waals surface area contributed by atoms with E-state index in [0.717, 1.165) is 5.56 Å². The number of pyridine rings is 1. The molecule has 0 aliphatic carbocycles. The molecule has 0 bridgehead atoms. The fourth-order valence-electron chi connectivity index (χ4n) is 1.28. The number of nitrogens with two attached hydrogens (primary N) is 2. The molecular formula is C12H13N3O. The molecule has 0 radical (unpaired) electrons. The van der Waals surface area contributed by atoms with E-state index in [1.54, 1.807) is 12.1 Å². The van der Waals surface area contributed by atoms with Gasteiger partial charge in [-0.15, -0.1) is 0 Å². The quantitative estimate of drug-likeness (QED) is 0.819. The van der Waals surface area contributed by atoms with Gasteiger partial charge >= 0.3 is 0 Å². The highest BCUT2D eigenvalue weighted by Crippen LogP contribution is 2.17. The van der Waals surface area contributed by atoms with Crippen LogP contribution >= 0.6 is 0 Å². The SMILES string of the molecule is Nc1ccc(OCc2ccccc2)nc1N. The first-order valence-electron chi connectivity index (χ1n) is 4.94. The van der Waals surface area contributed by atoms with Gasteiger partial charge in [-0.3, -0.25) is 0 Å². The minimum atomic E-state index is 0.297. The molecule has 0 saturated carbocycles. The summed E-state index contributed by atoms with van der Waals surface area (Å²) in [6.45, 7) is 0.469. The number of nitrogen functional groups attached to an aromatic ring is 2. The van der Waals surface area contributed by atoms with Gasteiger partial charge in [-0.1, -0.05) is 30.3 Å². The standard InChI is InChI=1S/C12H13N3O/c13-10-6-7-11(15-12(10)14)16-8-9-4-2-1-3-5-9/h1-7H,8,13H2,(H2,14,15). The number of anilines is 2. The molecule has 4 nitrogen and oxygen atoms in total. The first-order valence-corrected chi connectivity index (χ1v) is 4.94. The summed E-state index contributed by atoms with van der Waals surface area (Å²) in [6, 6.07) is 13.2. The lowest BCUT2D eigenvalue weighted by atomic mass is 10.2. The van der Waals surface area contributed by atoms with Crippen molar-refractivity contribution in [2.24, 2.45) is 0 Å². The van der Waals surface area contributed by atoms with Gasteiger partial charge in [0.05, 0.1) is 5.69 Å². The van der Waals surface area contributed by atoms with Crippen LogP contribution in [0.2, 0.25) is 0 Å². The van der Waals surface area contributed by atoms with Crippen molar-refractivity contribution in [2.45, 2.75) is 6.61 Å². The fourth-order valence-corrected chi connectivity index (χ4v) is 1.28. The monoisotopic (exact) mass is 215 g/mol. The molecule has 2 aromatic rings. The maximum Gasteiger partial charge on any atom is 0.215 e. The number of benzene rings is 1. The minimum Gasteiger partial charge on any atom is -0.473 e. The zero-order chi connectivity index (χ0) is 11.4. The maximum absolute atomic E-state index is 5.57. The number of hydrogen-bond donors (Lipinski definition) is 2. The van der Waals surface area contributed by atoms with E-state index in [1.165, 1.54) is 0 Å². The van der Waals surface area contributed by atoms with Crippen LogP contribution < -0.4 is 16.2 Å². The maximum atomic E-state index is 5.57.